The number of nitriles is 1. The number of allylic oxidation sites excluding steroid dienone is 9. The molecule has 3 aromatic carbocycles. The summed E-state index contributed by atoms with van der Waals surface area (Å²) in [7, 11) is 0. The zero-order chi connectivity index (χ0) is 28.4. The SMILES string of the molecule is N#Cc1c(C2=CC=CCC2)c(F)c(-n2c3ccccc3c3cc4c5c(oc4cc32)CCC=C5)c(F)c1C1=CC=CCC1. The van der Waals surface area contributed by atoms with Crippen molar-refractivity contribution in [2.45, 2.75) is 38.5 Å². The molecule has 3 nitrogen and oxygen atoms in total. The first-order valence-electron chi connectivity index (χ1n) is 14.5. The largest absolute Gasteiger partial charge is 0.460 e. The highest BCUT2D eigenvalue weighted by Gasteiger charge is 2.31. The van der Waals surface area contributed by atoms with Gasteiger partial charge in [-0.15, -0.1) is 0 Å². The van der Waals surface area contributed by atoms with Crippen LogP contribution in [0.5, 0.6) is 0 Å². The third-order valence-electron chi connectivity index (χ3n) is 8.78. The monoisotopic (exact) mass is 552 g/mol. The average molecular weight is 553 g/mol. The van der Waals surface area contributed by atoms with Crippen molar-refractivity contribution in [3.05, 3.63) is 119 Å². The molecule has 0 spiro atoms. The predicted octanol–water partition coefficient (Wildman–Crippen LogP) is 10.1. The van der Waals surface area contributed by atoms with Gasteiger partial charge in [0.1, 0.15) is 23.1 Å². The molecule has 0 saturated heterocycles. The highest BCUT2D eigenvalue weighted by Crippen LogP contribution is 2.44. The van der Waals surface area contributed by atoms with Crippen molar-refractivity contribution in [1.82, 2.24) is 4.57 Å². The topological polar surface area (TPSA) is 41.9 Å². The second-order valence-electron chi connectivity index (χ2n) is 11.1. The van der Waals surface area contributed by atoms with Crippen LogP contribution >= 0.6 is 0 Å². The molecule has 204 valence electrons. The van der Waals surface area contributed by atoms with Gasteiger partial charge in [-0.25, -0.2) is 8.78 Å². The lowest BCUT2D eigenvalue weighted by molar-refractivity contribution is 0.546. The number of hydrogen-bond acceptors (Lipinski definition) is 2. The van der Waals surface area contributed by atoms with Crippen LogP contribution in [0.4, 0.5) is 8.78 Å². The smallest absolute Gasteiger partial charge is 0.159 e. The van der Waals surface area contributed by atoms with E-state index in [0.29, 0.717) is 40.6 Å². The van der Waals surface area contributed by atoms with E-state index < -0.39 is 11.6 Å². The fraction of sp³-hybridized carbons (Fsp3) is 0.162. The quantitative estimate of drug-likeness (QED) is 0.223. The van der Waals surface area contributed by atoms with Crippen molar-refractivity contribution in [3.63, 3.8) is 0 Å². The van der Waals surface area contributed by atoms with Crippen molar-refractivity contribution in [2.24, 2.45) is 0 Å². The van der Waals surface area contributed by atoms with Crippen LogP contribution in [0.3, 0.4) is 0 Å². The molecule has 0 aliphatic heterocycles. The van der Waals surface area contributed by atoms with Crippen LogP contribution in [-0.4, -0.2) is 4.57 Å². The molecule has 0 radical (unpaired) electrons. The minimum absolute atomic E-state index is 0.0607. The summed E-state index contributed by atoms with van der Waals surface area (Å²) in [5.41, 5.74) is 4.81. The van der Waals surface area contributed by atoms with Crippen molar-refractivity contribution in [2.75, 3.05) is 0 Å². The first-order valence-corrected chi connectivity index (χ1v) is 14.5. The zero-order valence-electron chi connectivity index (χ0n) is 22.9. The maximum Gasteiger partial charge on any atom is 0.159 e. The van der Waals surface area contributed by atoms with E-state index in [4.69, 9.17) is 4.42 Å². The van der Waals surface area contributed by atoms with Crippen LogP contribution in [0.25, 0.3) is 55.7 Å². The molecular formula is C37H26F2N2O. The molecule has 0 atom stereocenters. The highest BCUT2D eigenvalue weighted by atomic mass is 19.1. The molecule has 42 heavy (non-hydrogen) atoms. The lowest BCUT2D eigenvalue weighted by Crippen LogP contribution is -2.12. The Bertz CT molecular complexity index is 2120. The van der Waals surface area contributed by atoms with Crippen LogP contribution in [0.15, 0.2) is 83.3 Å². The first-order chi connectivity index (χ1) is 20.7. The second kappa shape index (κ2) is 9.56. The number of hydrogen-bond donors (Lipinski definition) is 0. The summed E-state index contributed by atoms with van der Waals surface area (Å²) in [6.07, 6.45) is 20.1. The number of halogens is 2. The van der Waals surface area contributed by atoms with Gasteiger partial charge < -0.3 is 8.98 Å². The average Bonchev–Trinajstić information content (AvgIpc) is 3.55. The molecule has 0 fully saturated rings. The van der Waals surface area contributed by atoms with E-state index in [1.54, 1.807) is 4.57 Å². The minimum Gasteiger partial charge on any atom is -0.460 e. The summed E-state index contributed by atoms with van der Waals surface area (Å²) in [6, 6.07) is 13.9. The van der Waals surface area contributed by atoms with Crippen molar-refractivity contribution in [1.29, 1.82) is 5.26 Å². The van der Waals surface area contributed by atoms with Gasteiger partial charge in [0.25, 0.3) is 0 Å². The van der Waals surface area contributed by atoms with E-state index in [1.165, 1.54) is 0 Å². The summed E-state index contributed by atoms with van der Waals surface area (Å²) in [5, 5.41) is 13.2. The Kier molecular flexibility index (Phi) is 5.65. The number of benzene rings is 3. The number of aromatic nitrogens is 1. The Labute approximate surface area is 241 Å². The van der Waals surface area contributed by atoms with Crippen molar-refractivity contribution < 1.29 is 13.2 Å². The van der Waals surface area contributed by atoms with Crippen LogP contribution in [-0.2, 0) is 6.42 Å². The number of aryl methyl sites for hydroxylation is 1. The molecule has 5 heteroatoms. The van der Waals surface area contributed by atoms with Crippen molar-refractivity contribution >= 4 is 50.0 Å². The van der Waals surface area contributed by atoms with Crippen LogP contribution < -0.4 is 0 Å². The fourth-order valence-corrected chi connectivity index (χ4v) is 6.86. The molecule has 0 amide bonds. The van der Waals surface area contributed by atoms with Crippen molar-refractivity contribution in [3.8, 4) is 11.8 Å². The summed E-state index contributed by atoms with van der Waals surface area (Å²) in [4.78, 5) is 0. The van der Waals surface area contributed by atoms with Crippen LogP contribution in [0.2, 0.25) is 0 Å². The lowest BCUT2D eigenvalue weighted by Gasteiger charge is -2.22. The van der Waals surface area contributed by atoms with E-state index in [0.717, 1.165) is 53.2 Å². The molecule has 3 aliphatic rings. The number of furan rings is 1. The summed E-state index contributed by atoms with van der Waals surface area (Å²) < 4.78 is 42.2. The zero-order valence-corrected chi connectivity index (χ0v) is 22.9. The van der Waals surface area contributed by atoms with Crippen LogP contribution in [0, 0.1) is 23.0 Å². The molecule has 2 heterocycles. The minimum atomic E-state index is -0.717. The highest BCUT2D eigenvalue weighted by molar-refractivity contribution is 6.14. The van der Waals surface area contributed by atoms with E-state index in [-0.39, 0.29) is 22.4 Å². The molecule has 2 aromatic heterocycles. The standard InChI is InChI=1S/C37H26F2N2O/c38-35-33(22-11-3-1-4-12-22)28(21-40)34(23-13-5-2-6-14-23)36(39)37(35)41-29-17-9-7-15-24(29)26-19-27-25-16-8-10-18-31(25)42-32(27)20-30(26)41/h1-3,5,7-9,11,13,15-17,19-20H,4,6,10,12,14,18H2. The van der Waals surface area contributed by atoms with E-state index in [1.807, 2.05) is 66.8 Å². The van der Waals surface area contributed by atoms with Crippen LogP contribution in [0.1, 0.15) is 60.1 Å². The number of nitrogens with zero attached hydrogens (tertiary/aromatic N) is 2. The van der Waals surface area contributed by atoms with Gasteiger partial charge >= 0.3 is 0 Å². The normalized spacial score (nSPS) is 16.2. The molecular weight excluding hydrogens is 526 g/mol. The number of fused-ring (bicyclic) bond motifs is 6. The third-order valence-corrected chi connectivity index (χ3v) is 8.78. The second-order valence-corrected chi connectivity index (χ2v) is 11.1. The fourth-order valence-electron chi connectivity index (χ4n) is 6.86. The summed E-state index contributed by atoms with van der Waals surface area (Å²) >= 11 is 0. The molecule has 8 rings (SSSR count). The van der Waals surface area contributed by atoms with E-state index in [2.05, 4.69) is 24.3 Å². The molecule has 5 aromatic rings. The summed E-state index contributed by atoms with van der Waals surface area (Å²) in [6.45, 7) is 0. The van der Waals surface area contributed by atoms with E-state index >= 15 is 8.78 Å². The summed E-state index contributed by atoms with van der Waals surface area (Å²) in [5.74, 6) is -0.498. The molecule has 3 aliphatic carbocycles. The Morgan fingerprint density at radius 3 is 2.12 bits per heavy atom. The Morgan fingerprint density at radius 1 is 0.762 bits per heavy atom. The maximum atomic E-state index is 17.1. The maximum absolute atomic E-state index is 17.1. The number of para-hydroxylation sites is 1. The first kappa shape index (κ1) is 24.8. The van der Waals surface area contributed by atoms with Gasteiger partial charge in [-0.1, -0.05) is 66.8 Å². The van der Waals surface area contributed by atoms with Gasteiger partial charge in [0, 0.05) is 45.3 Å². The van der Waals surface area contributed by atoms with Gasteiger partial charge in [0.05, 0.1) is 16.6 Å². The van der Waals surface area contributed by atoms with Gasteiger partial charge in [-0.05, 0) is 55.4 Å². The molecule has 0 unspecified atom stereocenters. The lowest BCUT2D eigenvalue weighted by atomic mass is 9.85. The molecule has 0 saturated carbocycles. The number of rotatable bonds is 3. The Hall–Kier alpha value is -4.95. The van der Waals surface area contributed by atoms with Gasteiger partial charge in [-0.3, -0.25) is 0 Å². The van der Waals surface area contributed by atoms with Gasteiger partial charge in [0.15, 0.2) is 11.6 Å². The predicted molar refractivity (Wildman–Crippen MR) is 165 cm³/mol. The van der Waals surface area contributed by atoms with E-state index in [9.17, 15) is 5.26 Å². The Morgan fingerprint density at radius 2 is 1.45 bits per heavy atom. The van der Waals surface area contributed by atoms with Gasteiger partial charge in [0.2, 0.25) is 0 Å². The third kappa shape index (κ3) is 3.55. The Balaban J connectivity index is 1.53. The molecule has 0 N–H and O–H groups in total. The van der Waals surface area contributed by atoms with Gasteiger partial charge in [-0.2, -0.15) is 5.26 Å². The molecule has 0 bridgehead atoms.